The molecule has 0 atom stereocenters. The zero-order valence-corrected chi connectivity index (χ0v) is 12.0. The Labute approximate surface area is 121 Å². The van der Waals surface area contributed by atoms with Gasteiger partial charge in [-0.2, -0.15) is 5.10 Å². The van der Waals surface area contributed by atoms with Crippen LogP contribution >= 0.6 is 11.6 Å². The SMILES string of the molecule is CN(Cc1cnn(C)c1)c1nnc(Cl)c2ccccc12. The lowest BCUT2D eigenvalue weighted by molar-refractivity contribution is 0.766. The summed E-state index contributed by atoms with van der Waals surface area (Å²) in [4.78, 5) is 2.04. The van der Waals surface area contributed by atoms with Crippen molar-refractivity contribution in [1.82, 2.24) is 20.0 Å². The van der Waals surface area contributed by atoms with E-state index in [1.54, 1.807) is 4.68 Å². The van der Waals surface area contributed by atoms with Crippen molar-refractivity contribution in [2.75, 3.05) is 11.9 Å². The molecule has 20 heavy (non-hydrogen) atoms. The molecule has 0 saturated heterocycles. The highest BCUT2D eigenvalue weighted by atomic mass is 35.5. The molecule has 5 nitrogen and oxygen atoms in total. The van der Waals surface area contributed by atoms with Crippen LogP contribution < -0.4 is 4.90 Å². The summed E-state index contributed by atoms with van der Waals surface area (Å²) in [7, 11) is 3.89. The van der Waals surface area contributed by atoms with Gasteiger partial charge in [-0.05, 0) is 0 Å². The van der Waals surface area contributed by atoms with Crippen LogP contribution in [0.3, 0.4) is 0 Å². The predicted molar refractivity (Wildman–Crippen MR) is 79.9 cm³/mol. The maximum Gasteiger partial charge on any atom is 0.159 e. The highest BCUT2D eigenvalue weighted by molar-refractivity contribution is 6.34. The van der Waals surface area contributed by atoms with Crippen molar-refractivity contribution in [2.24, 2.45) is 7.05 Å². The standard InChI is InChI=1S/C14H14ClN5/c1-19(8-10-7-16-20(2)9-10)14-12-6-4-3-5-11(12)13(15)17-18-14/h3-7,9H,8H2,1-2H3. The summed E-state index contributed by atoms with van der Waals surface area (Å²) < 4.78 is 1.79. The quantitative estimate of drug-likeness (QED) is 0.743. The van der Waals surface area contributed by atoms with Crippen LogP contribution in [-0.4, -0.2) is 27.0 Å². The number of aryl methyl sites for hydroxylation is 1. The molecule has 102 valence electrons. The molecule has 0 N–H and O–H groups in total. The number of hydrogen-bond donors (Lipinski definition) is 0. The molecule has 0 aliphatic heterocycles. The van der Waals surface area contributed by atoms with Crippen molar-refractivity contribution in [3.8, 4) is 0 Å². The van der Waals surface area contributed by atoms with Crippen LogP contribution in [0.2, 0.25) is 5.15 Å². The number of halogens is 1. The minimum Gasteiger partial charge on any atom is -0.353 e. The van der Waals surface area contributed by atoms with Crippen LogP contribution in [0.4, 0.5) is 5.82 Å². The summed E-state index contributed by atoms with van der Waals surface area (Å²) in [5, 5.41) is 14.8. The van der Waals surface area contributed by atoms with Gasteiger partial charge in [-0.25, -0.2) is 0 Å². The van der Waals surface area contributed by atoms with Crippen molar-refractivity contribution >= 4 is 28.2 Å². The maximum atomic E-state index is 6.09. The second kappa shape index (κ2) is 5.09. The Morgan fingerprint density at radius 1 is 1.20 bits per heavy atom. The van der Waals surface area contributed by atoms with Crippen LogP contribution in [0.15, 0.2) is 36.7 Å². The van der Waals surface area contributed by atoms with E-state index in [9.17, 15) is 0 Å². The molecular weight excluding hydrogens is 274 g/mol. The Morgan fingerprint density at radius 2 is 1.95 bits per heavy atom. The van der Waals surface area contributed by atoms with Crippen LogP contribution in [0.1, 0.15) is 5.56 Å². The monoisotopic (exact) mass is 287 g/mol. The first-order valence-electron chi connectivity index (χ1n) is 6.25. The van der Waals surface area contributed by atoms with Crippen LogP contribution in [0.25, 0.3) is 10.8 Å². The zero-order chi connectivity index (χ0) is 14.1. The van der Waals surface area contributed by atoms with Crippen molar-refractivity contribution in [3.05, 3.63) is 47.4 Å². The Kier molecular flexibility index (Phi) is 3.28. The predicted octanol–water partition coefficient (Wildman–Crippen LogP) is 2.65. The highest BCUT2D eigenvalue weighted by Crippen LogP contribution is 2.28. The van der Waals surface area contributed by atoms with Gasteiger partial charge < -0.3 is 4.90 Å². The molecule has 1 aromatic carbocycles. The van der Waals surface area contributed by atoms with E-state index in [0.29, 0.717) is 11.7 Å². The topological polar surface area (TPSA) is 46.8 Å². The minimum absolute atomic E-state index is 0.430. The number of nitrogens with zero attached hydrogens (tertiary/aromatic N) is 5. The van der Waals surface area contributed by atoms with Crippen molar-refractivity contribution in [2.45, 2.75) is 6.54 Å². The van der Waals surface area contributed by atoms with Gasteiger partial charge in [0.15, 0.2) is 11.0 Å². The molecule has 2 aromatic heterocycles. The first kappa shape index (κ1) is 12.9. The Balaban J connectivity index is 1.99. The third-order valence-electron chi connectivity index (χ3n) is 3.16. The molecule has 0 aliphatic rings. The maximum absolute atomic E-state index is 6.09. The number of aromatic nitrogens is 4. The molecule has 0 radical (unpaired) electrons. The second-order valence-electron chi connectivity index (χ2n) is 4.74. The summed E-state index contributed by atoms with van der Waals surface area (Å²) >= 11 is 6.09. The van der Waals surface area contributed by atoms with Crippen molar-refractivity contribution in [1.29, 1.82) is 0 Å². The number of benzene rings is 1. The largest absolute Gasteiger partial charge is 0.353 e. The third-order valence-corrected chi connectivity index (χ3v) is 3.44. The summed E-state index contributed by atoms with van der Waals surface area (Å²) in [6.07, 6.45) is 3.84. The summed E-state index contributed by atoms with van der Waals surface area (Å²) in [5.74, 6) is 0.814. The van der Waals surface area contributed by atoms with Gasteiger partial charge >= 0.3 is 0 Å². The Bertz CT molecular complexity index is 752. The second-order valence-corrected chi connectivity index (χ2v) is 5.10. The highest BCUT2D eigenvalue weighted by Gasteiger charge is 2.12. The zero-order valence-electron chi connectivity index (χ0n) is 11.3. The van der Waals surface area contributed by atoms with E-state index in [2.05, 4.69) is 15.3 Å². The molecule has 0 unspecified atom stereocenters. The van der Waals surface area contributed by atoms with Crippen LogP contribution in [0, 0.1) is 0 Å². The fourth-order valence-corrected chi connectivity index (χ4v) is 2.44. The molecule has 2 heterocycles. The molecule has 0 fully saturated rings. The summed E-state index contributed by atoms with van der Waals surface area (Å²) in [6.45, 7) is 0.716. The lowest BCUT2D eigenvalue weighted by atomic mass is 10.2. The first-order valence-corrected chi connectivity index (χ1v) is 6.62. The lowest BCUT2D eigenvalue weighted by Gasteiger charge is -2.18. The Morgan fingerprint density at radius 3 is 2.65 bits per heavy atom. The van der Waals surface area contributed by atoms with Gasteiger partial charge in [0.1, 0.15) is 0 Å². The minimum atomic E-state index is 0.430. The van der Waals surface area contributed by atoms with Gasteiger partial charge in [-0.1, -0.05) is 35.9 Å². The molecule has 0 aliphatic carbocycles. The van der Waals surface area contributed by atoms with Gasteiger partial charge in [0.2, 0.25) is 0 Å². The molecule has 3 aromatic rings. The number of hydrogen-bond acceptors (Lipinski definition) is 4. The Hall–Kier alpha value is -2.14. The lowest BCUT2D eigenvalue weighted by Crippen LogP contribution is -2.18. The van der Waals surface area contributed by atoms with Gasteiger partial charge in [-0.15, -0.1) is 10.2 Å². The fraction of sp³-hybridized carbons (Fsp3) is 0.214. The van der Waals surface area contributed by atoms with E-state index >= 15 is 0 Å². The van der Waals surface area contributed by atoms with E-state index in [0.717, 1.165) is 22.2 Å². The molecule has 0 amide bonds. The van der Waals surface area contributed by atoms with Gasteiger partial charge in [0.25, 0.3) is 0 Å². The molecular formula is C14H14ClN5. The molecule has 0 bridgehead atoms. The average molecular weight is 288 g/mol. The van der Waals surface area contributed by atoms with Crippen LogP contribution in [-0.2, 0) is 13.6 Å². The normalized spacial score (nSPS) is 10.9. The third kappa shape index (κ3) is 2.32. The fourth-order valence-electron chi connectivity index (χ4n) is 2.24. The van der Waals surface area contributed by atoms with E-state index in [-0.39, 0.29) is 0 Å². The molecule has 3 rings (SSSR count). The summed E-state index contributed by atoms with van der Waals surface area (Å²) in [6, 6.07) is 7.88. The van der Waals surface area contributed by atoms with Gasteiger partial charge in [-0.3, -0.25) is 4.68 Å². The first-order chi connectivity index (χ1) is 9.65. The van der Waals surface area contributed by atoms with E-state index < -0.39 is 0 Å². The number of rotatable bonds is 3. The average Bonchev–Trinajstić information content (AvgIpc) is 2.84. The summed E-state index contributed by atoms with van der Waals surface area (Å²) in [5.41, 5.74) is 1.12. The van der Waals surface area contributed by atoms with Gasteiger partial charge in [0.05, 0.1) is 6.20 Å². The van der Waals surface area contributed by atoms with Crippen molar-refractivity contribution in [3.63, 3.8) is 0 Å². The number of fused-ring (bicyclic) bond motifs is 1. The van der Waals surface area contributed by atoms with Crippen molar-refractivity contribution < 1.29 is 0 Å². The van der Waals surface area contributed by atoms with E-state index in [1.807, 2.05) is 55.7 Å². The molecule has 0 saturated carbocycles. The smallest absolute Gasteiger partial charge is 0.159 e. The molecule has 0 spiro atoms. The number of anilines is 1. The van der Waals surface area contributed by atoms with Crippen LogP contribution in [0.5, 0.6) is 0 Å². The molecule has 6 heteroatoms. The van der Waals surface area contributed by atoms with E-state index in [1.165, 1.54) is 0 Å². The van der Waals surface area contributed by atoms with E-state index in [4.69, 9.17) is 11.6 Å². The van der Waals surface area contributed by atoms with Gasteiger partial charge in [0, 0.05) is 43.2 Å².